The highest BCUT2D eigenvalue weighted by atomic mass is 16.3. The van der Waals surface area contributed by atoms with Crippen LogP contribution in [0.4, 0.5) is 0 Å². The Labute approximate surface area is 145 Å². The maximum absolute atomic E-state index is 12.5. The lowest BCUT2D eigenvalue weighted by molar-refractivity contribution is 0.0931. The van der Waals surface area contributed by atoms with Gasteiger partial charge in [0.05, 0.1) is 17.9 Å². The Balaban J connectivity index is 1.60. The SMILES string of the molecule is Cc1occc1C(=O)N[C@H]1CCCc2nc(-c3cccnc3)ncc21. The largest absolute Gasteiger partial charge is 0.469 e. The van der Waals surface area contributed by atoms with Gasteiger partial charge in [0.1, 0.15) is 5.76 Å². The smallest absolute Gasteiger partial charge is 0.255 e. The van der Waals surface area contributed by atoms with E-state index in [0.29, 0.717) is 17.1 Å². The number of nitrogens with one attached hydrogen (secondary N) is 1. The second kappa shape index (κ2) is 6.47. The van der Waals surface area contributed by atoms with Crippen molar-refractivity contribution < 1.29 is 9.21 Å². The maximum atomic E-state index is 12.5. The molecule has 3 aromatic rings. The molecule has 1 N–H and O–H groups in total. The third kappa shape index (κ3) is 3.03. The number of aryl methyl sites for hydroxylation is 2. The molecule has 3 heterocycles. The summed E-state index contributed by atoms with van der Waals surface area (Å²) < 4.78 is 5.22. The lowest BCUT2D eigenvalue weighted by atomic mass is 9.92. The van der Waals surface area contributed by atoms with Crippen LogP contribution >= 0.6 is 0 Å². The van der Waals surface area contributed by atoms with Gasteiger partial charge in [-0.05, 0) is 44.4 Å². The zero-order chi connectivity index (χ0) is 17.2. The van der Waals surface area contributed by atoms with Gasteiger partial charge in [-0.3, -0.25) is 9.78 Å². The summed E-state index contributed by atoms with van der Waals surface area (Å²) in [4.78, 5) is 25.8. The van der Waals surface area contributed by atoms with Crippen LogP contribution in [-0.4, -0.2) is 20.9 Å². The molecule has 0 aliphatic heterocycles. The molecule has 0 bridgehead atoms. The molecule has 0 saturated carbocycles. The van der Waals surface area contributed by atoms with E-state index >= 15 is 0 Å². The monoisotopic (exact) mass is 334 g/mol. The fourth-order valence-corrected chi connectivity index (χ4v) is 3.19. The molecule has 6 heteroatoms. The van der Waals surface area contributed by atoms with E-state index in [9.17, 15) is 4.79 Å². The van der Waals surface area contributed by atoms with Crippen LogP contribution in [0.3, 0.4) is 0 Å². The van der Waals surface area contributed by atoms with Gasteiger partial charge in [0.15, 0.2) is 5.82 Å². The van der Waals surface area contributed by atoms with E-state index < -0.39 is 0 Å². The highest BCUT2D eigenvalue weighted by Crippen LogP contribution is 2.30. The number of rotatable bonds is 3. The van der Waals surface area contributed by atoms with Crippen molar-refractivity contribution >= 4 is 5.91 Å². The summed E-state index contributed by atoms with van der Waals surface area (Å²) >= 11 is 0. The first kappa shape index (κ1) is 15.5. The molecule has 25 heavy (non-hydrogen) atoms. The van der Waals surface area contributed by atoms with Gasteiger partial charge in [0.25, 0.3) is 5.91 Å². The van der Waals surface area contributed by atoms with Gasteiger partial charge < -0.3 is 9.73 Å². The highest BCUT2D eigenvalue weighted by Gasteiger charge is 2.25. The van der Waals surface area contributed by atoms with Crippen molar-refractivity contribution in [2.45, 2.75) is 32.2 Å². The molecule has 0 spiro atoms. The number of fused-ring (bicyclic) bond motifs is 1. The van der Waals surface area contributed by atoms with Gasteiger partial charge in [-0.2, -0.15) is 0 Å². The minimum absolute atomic E-state index is 0.0755. The number of carbonyl (C=O) groups excluding carboxylic acids is 1. The average Bonchev–Trinajstić information content (AvgIpc) is 3.08. The predicted molar refractivity (Wildman–Crippen MR) is 91.9 cm³/mol. The van der Waals surface area contributed by atoms with Gasteiger partial charge in [0, 0.05) is 35.4 Å². The zero-order valence-corrected chi connectivity index (χ0v) is 13.9. The molecule has 1 atom stereocenters. The topological polar surface area (TPSA) is 80.9 Å². The van der Waals surface area contributed by atoms with Crippen LogP contribution in [0.15, 0.2) is 47.5 Å². The number of pyridine rings is 1. The predicted octanol–water partition coefficient (Wildman–Crippen LogP) is 3.25. The maximum Gasteiger partial charge on any atom is 0.255 e. The summed E-state index contributed by atoms with van der Waals surface area (Å²) in [6.45, 7) is 1.78. The average molecular weight is 334 g/mol. The Morgan fingerprint density at radius 3 is 3.00 bits per heavy atom. The van der Waals surface area contributed by atoms with E-state index in [0.717, 1.165) is 36.1 Å². The van der Waals surface area contributed by atoms with Crippen LogP contribution in [-0.2, 0) is 6.42 Å². The van der Waals surface area contributed by atoms with Crippen LogP contribution in [0, 0.1) is 6.92 Å². The van der Waals surface area contributed by atoms with Crippen molar-refractivity contribution in [3.8, 4) is 11.4 Å². The van der Waals surface area contributed by atoms with Crippen molar-refractivity contribution in [1.29, 1.82) is 0 Å². The fourth-order valence-electron chi connectivity index (χ4n) is 3.19. The summed E-state index contributed by atoms with van der Waals surface area (Å²) in [7, 11) is 0. The first-order chi connectivity index (χ1) is 12.2. The summed E-state index contributed by atoms with van der Waals surface area (Å²) in [6, 6.07) is 5.43. The van der Waals surface area contributed by atoms with Crippen molar-refractivity contribution in [1.82, 2.24) is 20.3 Å². The molecule has 4 rings (SSSR count). The third-order valence-corrected chi connectivity index (χ3v) is 4.51. The van der Waals surface area contributed by atoms with Crippen LogP contribution in [0.1, 0.15) is 46.3 Å². The molecule has 0 radical (unpaired) electrons. The Kier molecular flexibility index (Phi) is 4.01. The first-order valence-electron chi connectivity index (χ1n) is 8.33. The second-order valence-corrected chi connectivity index (χ2v) is 6.15. The summed E-state index contributed by atoms with van der Waals surface area (Å²) in [5.41, 5.74) is 3.45. The van der Waals surface area contributed by atoms with Crippen LogP contribution in [0.5, 0.6) is 0 Å². The van der Waals surface area contributed by atoms with Gasteiger partial charge in [0.2, 0.25) is 0 Å². The fraction of sp³-hybridized carbons (Fsp3) is 0.263. The molecular weight excluding hydrogens is 316 g/mol. The first-order valence-corrected chi connectivity index (χ1v) is 8.33. The number of hydrogen-bond acceptors (Lipinski definition) is 5. The third-order valence-electron chi connectivity index (χ3n) is 4.51. The summed E-state index contributed by atoms with van der Waals surface area (Å²) in [5, 5.41) is 3.09. The Morgan fingerprint density at radius 1 is 1.32 bits per heavy atom. The minimum Gasteiger partial charge on any atom is -0.469 e. The van der Waals surface area contributed by atoms with E-state index in [1.165, 1.54) is 6.26 Å². The zero-order valence-electron chi connectivity index (χ0n) is 13.9. The summed E-state index contributed by atoms with van der Waals surface area (Å²) in [5.74, 6) is 1.17. The number of carbonyl (C=O) groups is 1. The van der Waals surface area contributed by atoms with E-state index in [-0.39, 0.29) is 11.9 Å². The molecule has 1 aliphatic carbocycles. The van der Waals surface area contributed by atoms with Gasteiger partial charge in [-0.15, -0.1) is 0 Å². The normalized spacial score (nSPS) is 16.3. The number of aromatic nitrogens is 3. The van der Waals surface area contributed by atoms with Gasteiger partial charge in [-0.1, -0.05) is 0 Å². The number of hydrogen-bond donors (Lipinski definition) is 1. The molecule has 0 aromatic carbocycles. The van der Waals surface area contributed by atoms with E-state index in [4.69, 9.17) is 9.40 Å². The molecular formula is C19H18N4O2. The number of amides is 1. The molecule has 6 nitrogen and oxygen atoms in total. The van der Waals surface area contributed by atoms with Crippen molar-refractivity contribution in [3.63, 3.8) is 0 Å². The van der Waals surface area contributed by atoms with Gasteiger partial charge >= 0.3 is 0 Å². The highest BCUT2D eigenvalue weighted by molar-refractivity contribution is 5.95. The quantitative estimate of drug-likeness (QED) is 0.795. The van der Waals surface area contributed by atoms with Crippen molar-refractivity contribution in [2.24, 2.45) is 0 Å². The van der Waals surface area contributed by atoms with E-state index in [1.54, 1.807) is 25.4 Å². The van der Waals surface area contributed by atoms with Crippen LogP contribution < -0.4 is 5.32 Å². The Morgan fingerprint density at radius 2 is 2.24 bits per heavy atom. The van der Waals surface area contributed by atoms with Gasteiger partial charge in [-0.25, -0.2) is 9.97 Å². The number of nitrogens with zero attached hydrogens (tertiary/aromatic N) is 3. The number of furan rings is 1. The Hall–Kier alpha value is -3.02. The molecule has 1 amide bonds. The minimum atomic E-state index is -0.125. The molecule has 0 fully saturated rings. The molecule has 126 valence electrons. The molecule has 1 aliphatic rings. The van der Waals surface area contributed by atoms with Crippen molar-refractivity contribution in [2.75, 3.05) is 0 Å². The van der Waals surface area contributed by atoms with E-state index in [2.05, 4.69) is 15.3 Å². The van der Waals surface area contributed by atoms with E-state index in [1.807, 2.05) is 18.3 Å². The lowest BCUT2D eigenvalue weighted by Gasteiger charge is -2.25. The standard InChI is InChI=1S/C19H18N4O2/c1-12-14(7-9-25-12)19(24)23-17-6-2-5-16-15(17)11-21-18(22-16)13-4-3-8-20-10-13/h3-4,7-11,17H,2,5-6H2,1H3,(H,23,24)/t17-/m0/s1. The summed E-state index contributed by atoms with van der Waals surface area (Å²) in [6.07, 6.45) is 9.59. The lowest BCUT2D eigenvalue weighted by Crippen LogP contribution is -2.31. The molecule has 0 unspecified atom stereocenters. The molecule has 3 aromatic heterocycles. The van der Waals surface area contributed by atoms with Crippen LogP contribution in [0.2, 0.25) is 0 Å². The van der Waals surface area contributed by atoms with Crippen LogP contribution in [0.25, 0.3) is 11.4 Å². The Bertz CT molecular complexity index is 905. The molecule has 0 saturated heterocycles. The van der Waals surface area contributed by atoms with Crippen molar-refractivity contribution in [3.05, 3.63) is 65.6 Å². The second-order valence-electron chi connectivity index (χ2n) is 6.15.